The second kappa shape index (κ2) is 9.55. The van der Waals surface area contributed by atoms with Crippen LogP contribution in [0, 0.1) is 18.3 Å². The van der Waals surface area contributed by atoms with Crippen LogP contribution in [0.4, 0.5) is 19.0 Å². The molecule has 0 bridgehead atoms. The molecule has 3 rings (SSSR count). The van der Waals surface area contributed by atoms with Crippen molar-refractivity contribution in [1.29, 1.82) is 5.26 Å². The smallest absolute Gasteiger partial charge is 0.475 e. The van der Waals surface area contributed by atoms with Gasteiger partial charge in [0.1, 0.15) is 17.6 Å². The Hall–Kier alpha value is -3.17. The number of nitrogens with two attached hydrogens (primary N) is 1. The molecule has 160 valence electrons. The number of fused-ring (bicyclic) bond motifs is 1. The topological polar surface area (TPSA) is 138 Å². The number of aliphatic carboxylic acids is 1. The molecule has 0 saturated heterocycles. The van der Waals surface area contributed by atoms with E-state index in [1.54, 1.807) is 17.6 Å². The fraction of sp³-hybridized carbons (Fsp3) is 0.333. The lowest BCUT2D eigenvalue weighted by molar-refractivity contribution is -0.192. The maximum Gasteiger partial charge on any atom is 0.490 e. The van der Waals surface area contributed by atoms with Crippen LogP contribution >= 0.6 is 11.3 Å². The highest BCUT2D eigenvalue weighted by atomic mass is 32.1. The summed E-state index contributed by atoms with van der Waals surface area (Å²) in [6.07, 6.45) is -2.67. The third-order valence-corrected chi connectivity index (χ3v) is 5.03. The van der Waals surface area contributed by atoms with Crippen LogP contribution in [-0.2, 0) is 17.8 Å². The number of nitriles is 1. The molecule has 1 atom stereocenters. The summed E-state index contributed by atoms with van der Waals surface area (Å²) in [5.74, 6) is -1.13. The van der Waals surface area contributed by atoms with Gasteiger partial charge in [0.2, 0.25) is 5.82 Å². The molecule has 0 aromatic carbocycles. The second-order valence-electron chi connectivity index (χ2n) is 6.25. The Kier molecular flexibility index (Phi) is 7.36. The van der Waals surface area contributed by atoms with Gasteiger partial charge in [0.05, 0.1) is 23.0 Å². The van der Waals surface area contributed by atoms with E-state index in [2.05, 4.69) is 15.3 Å². The molecule has 4 N–H and O–H groups in total. The monoisotopic (exact) mass is 441 g/mol. The molecular formula is C18H18F3N5O3S. The Morgan fingerprint density at radius 3 is 2.63 bits per heavy atom. The third-order valence-electron chi connectivity index (χ3n) is 3.72. The summed E-state index contributed by atoms with van der Waals surface area (Å²) in [7, 11) is 0. The molecule has 0 spiro atoms. The Balaban J connectivity index is 0.000000396. The molecule has 3 heterocycles. The minimum absolute atomic E-state index is 0.0738. The Bertz CT molecular complexity index is 1060. The van der Waals surface area contributed by atoms with Crippen LogP contribution in [0.5, 0.6) is 0 Å². The maximum absolute atomic E-state index is 10.6. The number of halogens is 3. The lowest BCUT2D eigenvalue weighted by Crippen LogP contribution is -2.21. The summed E-state index contributed by atoms with van der Waals surface area (Å²) in [4.78, 5) is 18.7. The second-order valence-corrected chi connectivity index (χ2v) is 7.36. The molecule has 0 amide bonds. The van der Waals surface area contributed by atoms with E-state index >= 15 is 0 Å². The number of alkyl halides is 3. The summed E-state index contributed by atoms with van der Waals surface area (Å²) in [6.45, 7) is 4.50. The number of aryl methyl sites for hydroxylation is 1. The number of aromatic nitrogens is 2. The van der Waals surface area contributed by atoms with E-state index < -0.39 is 12.1 Å². The number of furan rings is 1. The van der Waals surface area contributed by atoms with Crippen LogP contribution in [0.3, 0.4) is 0 Å². The van der Waals surface area contributed by atoms with Crippen LogP contribution in [0.25, 0.3) is 10.2 Å². The van der Waals surface area contributed by atoms with Crippen molar-refractivity contribution < 1.29 is 27.5 Å². The first-order chi connectivity index (χ1) is 14.0. The molecule has 0 saturated carbocycles. The number of thiophene rings is 1. The van der Waals surface area contributed by atoms with Gasteiger partial charge in [-0.15, -0.1) is 11.3 Å². The molecule has 0 aliphatic heterocycles. The quantitative estimate of drug-likeness (QED) is 0.546. The van der Waals surface area contributed by atoms with Gasteiger partial charge in [-0.3, -0.25) is 0 Å². The van der Waals surface area contributed by atoms with Gasteiger partial charge in [0, 0.05) is 10.9 Å². The molecule has 0 fully saturated rings. The molecule has 12 heteroatoms. The minimum Gasteiger partial charge on any atom is -0.475 e. The van der Waals surface area contributed by atoms with Gasteiger partial charge in [0.25, 0.3) is 0 Å². The predicted molar refractivity (Wildman–Crippen MR) is 104 cm³/mol. The number of carboxylic acid groups (broad SMARTS) is 1. The van der Waals surface area contributed by atoms with Crippen LogP contribution < -0.4 is 11.1 Å². The number of carbonyl (C=O) groups is 1. The molecule has 3 aromatic rings. The van der Waals surface area contributed by atoms with E-state index in [9.17, 15) is 18.4 Å². The van der Waals surface area contributed by atoms with Gasteiger partial charge >= 0.3 is 12.1 Å². The predicted octanol–water partition coefficient (Wildman–Crippen LogP) is 3.60. The fourth-order valence-corrected chi connectivity index (χ4v) is 3.73. The molecule has 30 heavy (non-hydrogen) atoms. The molecule has 0 aliphatic carbocycles. The van der Waals surface area contributed by atoms with Crippen molar-refractivity contribution in [2.24, 2.45) is 5.73 Å². The number of rotatable bonds is 5. The zero-order valence-corrected chi connectivity index (χ0v) is 16.8. The van der Waals surface area contributed by atoms with E-state index in [1.807, 2.05) is 32.0 Å². The van der Waals surface area contributed by atoms with Gasteiger partial charge in [-0.2, -0.15) is 18.4 Å². The van der Waals surface area contributed by atoms with Gasteiger partial charge in [-0.1, -0.05) is 0 Å². The summed E-state index contributed by atoms with van der Waals surface area (Å²) >= 11 is 1.63. The van der Waals surface area contributed by atoms with E-state index in [-0.39, 0.29) is 11.9 Å². The highest BCUT2D eigenvalue weighted by Gasteiger charge is 2.38. The van der Waals surface area contributed by atoms with Crippen LogP contribution in [0.1, 0.15) is 28.9 Å². The van der Waals surface area contributed by atoms with Crippen molar-refractivity contribution in [3.8, 4) is 6.07 Å². The first-order valence-electron chi connectivity index (χ1n) is 8.55. The van der Waals surface area contributed by atoms with Crippen LogP contribution in [-0.4, -0.2) is 33.3 Å². The zero-order valence-electron chi connectivity index (χ0n) is 15.9. The number of hydrogen-bond donors (Lipinski definition) is 3. The van der Waals surface area contributed by atoms with Crippen molar-refractivity contribution in [3.05, 3.63) is 40.4 Å². The van der Waals surface area contributed by atoms with Crippen molar-refractivity contribution in [2.75, 3.05) is 5.32 Å². The molecular weight excluding hydrogens is 423 g/mol. The van der Waals surface area contributed by atoms with Gasteiger partial charge in [0.15, 0.2) is 0 Å². The highest BCUT2D eigenvalue weighted by Crippen LogP contribution is 2.34. The Morgan fingerprint density at radius 1 is 1.47 bits per heavy atom. The SMILES string of the molecule is Cc1c(CC(C)N)sc2c(NCc3ccco3)nc(C#N)nc12.O=C(O)C(F)(F)F. The molecule has 0 aliphatic rings. The molecule has 8 nitrogen and oxygen atoms in total. The summed E-state index contributed by atoms with van der Waals surface area (Å²) in [6, 6.07) is 5.82. The standard InChI is InChI=1S/C16H17N5OS.C2HF3O2/c1-9(18)6-12-10(2)14-15(23-12)16(21-13(7-17)20-14)19-8-11-4-3-5-22-11;3-2(4,5)1(6)7/h3-5,9H,6,8,18H2,1-2H3,(H,19,20,21);(H,6,7). The number of carboxylic acids is 1. The number of nitrogens with zero attached hydrogens (tertiary/aromatic N) is 3. The van der Waals surface area contributed by atoms with Crippen molar-refractivity contribution in [2.45, 2.75) is 39.0 Å². The van der Waals surface area contributed by atoms with Gasteiger partial charge in [-0.25, -0.2) is 14.8 Å². The minimum atomic E-state index is -5.08. The van der Waals surface area contributed by atoms with Gasteiger partial charge < -0.3 is 20.6 Å². The Labute approximate surface area is 173 Å². The first-order valence-corrected chi connectivity index (χ1v) is 9.36. The lowest BCUT2D eigenvalue weighted by Gasteiger charge is -2.05. The van der Waals surface area contributed by atoms with Gasteiger partial charge in [-0.05, 0) is 38.0 Å². The van der Waals surface area contributed by atoms with Crippen molar-refractivity contribution in [1.82, 2.24) is 9.97 Å². The van der Waals surface area contributed by atoms with E-state index in [4.69, 9.17) is 20.1 Å². The van der Waals surface area contributed by atoms with Crippen LogP contribution in [0.15, 0.2) is 22.8 Å². The Morgan fingerprint density at radius 2 is 2.13 bits per heavy atom. The third kappa shape index (κ3) is 5.91. The zero-order chi connectivity index (χ0) is 22.5. The van der Waals surface area contributed by atoms with E-state index in [0.29, 0.717) is 12.4 Å². The fourth-order valence-electron chi connectivity index (χ4n) is 2.37. The molecule has 3 aromatic heterocycles. The lowest BCUT2D eigenvalue weighted by atomic mass is 10.1. The first kappa shape index (κ1) is 23.1. The average Bonchev–Trinajstić information content (AvgIpc) is 3.28. The summed E-state index contributed by atoms with van der Waals surface area (Å²) < 4.78 is 38.0. The summed E-state index contributed by atoms with van der Waals surface area (Å²) in [5, 5.41) is 19.5. The van der Waals surface area contributed by atoms with Crippen LogP contribution in [0.2, 0.25) is 0 Å². The molecule has 1 unspecified atom stereocenters. The largest absolute Gasteiger partial charge is 0.490 e. The average molecular weight is 441 g/mol. The van der Waals surface area contributed by atoms with Crippen molar-refractivity contribution in [3.63, 3.8) is 0 Å². The van der Waals surface area contributed by atoms with Crippen molar-refractivity contribution >= 4 is 33.3 Å². The highest BCUT2D eigenvalue weighted by molar-refractivity contribution is 7.19. The number of hydrogen-bond acceptors (Lipinski definition) is 8. The van der Waals surface area contributed by atoms with E-state index in [1.165, 1.54) is 4.88 Å². The maximum atomic E-state index is 10.6. The number of nitrogens with one attached hydrogen (secondary N) is 1. The summed E-state index contributed by atoms with van der Waals surface area (Å²) in [5.41, 5.74) is 7.81. The normalized spacial score (nSPS) is 12.0. The molecule has 0 radical (unpaired) electrons. The number of anilines is 1. The van der Waals surface area contributed by atoms with E-state index in [0.717, 1.165) is 28.0 Å².